The number of carbonyl (C=O) groups is 3. The number of carbonyl (C=O) groups excluding carboxylic acids is 3. The summed E-state index contributed by atoms with van der Waals surface area (Å²) >= 11 is 0. The van der Waals surface area contributed by atoms with Gasteiger partial charge in [-0.25, -0.2) is 9.59 Å². The summed E-state index contributed by atoms with van der Waals surface area (Å²) in [5.74, 6) is -0.424. The summed E-state index contributed by atoms with van der Waals surface area (Å²) in [6.45, 7) is 5.62. The molecule has 0 aromatic heterocycles. The average Bonchev–Trinajstić information content (AvgIpc) is 2.76. The van der Waals surface area contributed by atoms with Crippen LogP contribution in [-0.2, 0) is 23.8 Å². The Morgan fingerprint density at radius 2 is 1.97 bits per heavy atom. The lowest BCUT2D eigenvalue weighted by molar-refractivity contribution is -0.139. The predicted molar refractivity (Wildman–Crippen MR) is 119 cm³/mol. The molecule has 1 fully saturated rings. The van der Waals surface area contributed by atoms with Gasteiger partial charge in [-0.05, 0) is 39.8 Å². The molecule has 0 spiro atoms. The first-order chi connectivity index (χ1) is 15.3. The van der Waals surface area contributed by atoms with Gasteiger partial charge in [0.15, 0.2) is 0 Å². The van der Waals surface area contributed by atoms with E-state index in [9.17, 15) is 14.4 Å². The van der Waals surface area contributed by atoms with Crippen molar-refractivity contribution in [3.63, 3.8) is 0 Å². The third-order valence-corrected chi connectivity index (χ3v) is 5.75. The molecule has 1 aliphatic heterocycles. The highest BCUT2D eigenvalue weighted by atomic mass is 16.6. The lowest BCUT2D eigenvalue weighted by Gasteiger charge is -2.45. The van der Waals surface area contributed by atoms with Crippen LogP contribution in [0.1, 0.15) is 33.1 Å². The lowest BCUT2D eigenvalue weighted by Crippen LogP contribution is -2.63. The van der Waals surface area contributed by atoms with E-state index in [1.807, 2.05) is 13.1 Å². The summed E-state index contributed by atoms with van der Waals surface area (Å²) in [5.41, 5.74) is 0.622. The van der Waals surface area contributed by atoms with Crippen molar-refractivity contribution in [3.05, 3.63) is 11.6 Å². The van der Waals surface area contributed by atoms with E-state index in [0.717, 1.165) is 19.4 Å². The molecule has 2 N–H and O–H groups in total. The number of nitrogens with one attached hydrogen (secondary N) is 2. The van der Waals surface area contributed by atoms with E-state index in [2.05, 4.69) is 15.5 Å². The van der Waals surface area contributed by atoms with Crippen molar-refractivity contribution in [2.24, 2.45) is 0 Å². The molecular formula is C22H38N4O6. The zero-order valence-electron chi connectivity index (χ0n) is 19.9. The lowest BCUT2D eigenvalue weighted by atomic mass is 9.84. The van der Waals surface area contributed by atoms with E-state index in [1.165, 1.54) is 11.8 Å². The Morgan fingerprint density at radius 1 is 1.22 bits per heavy atom. The molecule has 0 aromatic carbocycles. The van der Waals surface area contributed by atoms with Gasteiger partial charge >= 0.3 is 12.1 Å². The Bertz CT molecular complexity index is 683. The number of likely N-dealkylation sites (N-methyl/N-ethyl adjacent to an activating group) is 1. The summed E-state index contributed by atoms with van der Waals surface area (Å²) in [5, 5.41) is 6.32. The number of amides is 2. The van der Waals surface area contributed by atoms with Gasteiger partial charge in [0.1, 0.15) is 6.61 Å². The van der Waals surface area contributed by atoms with Crippen molar-refractivity contribution in [3.8, 4) is 0 Å². The molecule has 4 atom stereocenters. The quantitative estimate of drug-likeness (QED) is 0.383. The topological polar surface area (TPSA) is 109 Å². The van der Waals surface area contributed by atoms with E-state index < -0.39 is 6.09 Å². The molecule has 2 rings (SSSR count). The van der Waals surface area contributed by atoms with Crippen LogP contribution in [0.3, 0.4) is 0 Å². The second-order valence-corrected chi connectivity index (χ2v) is 8.37. The van der Waals surface area contributed by atoms with E-state index in [-0.39, 0.29) is 42.7 Å². The molecule has 0 radical (unpaired) electrons. The van der Waals surface area contributed by atoms with Crippen LogP contribution < -0.4 is 10.6 Å². The third kappa shape index (κ3) is 7.46. The summed E-state index contributed by atoms with van der Waals surface area (Å²) in [6, 6.07) is -0.446. The Morgan fingerprint density at radius 3 is 2.59 bits per heavy atom. The normalized spacial score (nSPS) is 26.1. The third-order valence-electron chi connectivity index (χ3n) is 5.75. The molecule has 0 aromatic rings. The fraction of sp³-hybridized carbons (Fsp3) is 0.773. The minimum Gasteiger partial charge on any atom is -0.463 e. The Labute approximate surface area is 190 Å². The van der Waals surface area contributed by atoms with Crippen LogP contribution in [0.5, 0.6) is 0 Å². The van der Waals surface area contributed by atoms with Gasteiger partial charge < -0.3 is 29.7 Å². The molecule has 0 saturated carbocycles. The number of esters is 1. The summed E-state index contributed by atoms with van der Waals surface area (Å²) in [6.07, 6.45) is 3.84. The van der Waals surface area contributed by atoms with Gasteiger partial charge in [-0.15, -0.1) is 0 Å². The monoisotopic (exact) mass is 454 g/mol. The highest BCUT2D eigenvalue weighted by molar-refractivity contribution is 5.89. The van der Waals surface area contributed by atoms with Crippen molar-refractivity contribution in [1.29, 1.82) is 0 Å². The van der Waals surface area contributed by atoms with E-state index in [1.54, 1.807) is 21.0 Å². The van der Waals surface area contributed by atoms with Gasteiger partial charge in [-0.2, -0.15) is 0 Å². The van der Waals surface area contributed by atoms with Crippen LogP contribution in [0, 0.1) is 0 Å². The fourth-order valence-corrected chi connectivity index (χ4v) is 4.24. The molecule has 1 aliphatic carbocycles. The average molecular weight is 455 g/mol. The molecule has 0 unspecified atom stereocenters. The second kappa shape index (κ2) is 12.8. The van der Waals surface area contributed by atoms with Crippen LogP contribution in [-0.4, -0.2) is 106 Å². The maximum absolute atomic E-state index is 12.5. The van der Waals surface area contributed by atoms with E-state index in [4.69, 9.17) is 14.2 Å². The first-order valence-corrected chi connectivity index (χ1v) is 11.3. The number of piperidine rings is 1. The molecule has 1 saturated heterocycles. The molecular weight excluding hydrogens is 416 g/mol. The van der Waals surface area contributed by atoms with Gasteiger partial charge in [-0.3, -0.25) is 9.69 Å². The number of hydrogen-bond donors (Lipinski definition) is 2. The molecule has 10 heteroatoms. The standard InChI is InChI=1S/C22H38N4O6/c1-6-30-21(28)16-12-18(23-3)20(24-15(2)27)19(13-16)26-9-7-8-17(14-26)31-10-11-32-22(29)25(4)5/h13,17-20,23H,6-12,14H2,1-5H3,(H,24,27)/t17-,18-,19+,20+/m0/s1. The van der Waals surface area contributed by atoms with Gasteiger partial charge in [0.05, 0.1) is 31.4 Å². The molecule has 182 valence electrons. The summed E-state index contributed by atoms with van der Waals surface area (Å²) in [4.78, 5) is 39.5. The SMILES string of the molecule is CCOC(=O)C1=C[C@@H](N2CCC[C@H](OCCOC(=O)N(C)C)C2)[C@H](NC(C)=O)[C@@H](NC)C1. The number of hydrogen-bond acceptors (Lipinski definition) is 8. The Kier molecular flexibility index (Phi) is 10.4. The minimum absolute atomic E-state index is 0.0193. The zero-order valence-corrected chi connectivity index (χ0v) is 19.9. The smallest absolute Gasteiger partial charge is 0.409 e. The molecule has 2 aliphatic rings. The molecule has 32 heavy (non-hydrogen) atoms. The van der Waals surface area contributed by atoms with Crippen molar-refractivity contribution >= 4 is 18.0 Å². The molecule has 0 bridgehead atoms. The first kappa shape index (κ1) is 26.1. The Hall–Kier alpha value is -2.17. The fourth-order valence-electron chi connectivity index (χ4n) is 4.24. The van der Waals surface area contributed by atoms with E-state index in [0.29, 0.717) is 31.8 Å². The number of ether oxygens (including phenoxy) is 3. The highest BCUT2D eigenvalue weighted by Gasteiger charge is 2.39. The maximum atomic E-state index is 12.5. The second-order valence-electron chi connectivity index (χ2n) is 8.37. The van der Waals surface area contributed by atoms with Crippen molar-refractivity contribution in [2.75, 3.05) is 54.1 Å². The number of rotatable bonds is 9. The predicted octanol–water partition coefficient (Wildman–Crippen LogP) is 0.520. The van der Waals surface area contributed by atoms with Gasteiger partial charge in [0.2, 0.25) is 5.91 Å². The van der Waals surface area contributed by atoms with Crippen LogP contribution in [0.2, 0.25) is 0 Å². The number of nitrogens with zero attached hydrogens (tertiary/aromatic N) is 2. The largest absolute Gasteiger partial charge is 0.463 e. The van der Waals surface area contributed by atoms with Crippen molar-refractivity contribution in [2.45, 2.75) is 57.3 Å². The first-order valence-electron chi connectivity index (χ1n) is 11.3. The van der Waals surface area contributed by atoms with Gasteiger partial charge in [0, 0.05) is 39.2 Å². The van der Waals surface area contributed by atoms with Gasteiger partial charge in [0.25, 0.3) is 0 Å². The molecule has 10 nitrogen and oxygen atoms in total. The van der Waals surface area contributed by atoms with Crippen molar-refractivity contribution < 1.29 is 28.6 Å². The Balaban J connectivity index is 2.08. The van der Waals surface area contributed by atoms with E-state index >= 15 is 0 Å². The van der Waals surface area contributed by atoms with Crippen LogP contribution in [0.25, 0.3) is 0 Å². The maximum Gasteiger partial charge on any atom is 0.409 e. The summed E-state index contributed by atoms with van der Waals surface area (Å²) < 4.78 is 16.3. The van der Waals surface area contributed by atoms with Crippen LogP contribution in [0.4, 0.5) is 4.79 Å². The summed E-state index contributed by atoms with van der Waals surface area (Å²) in [7, 11) is 5.10. The zero-order chi connectivity index (χ0) is 23.7. The molecule has 1 heterocycles. The van der Waals surface area contributed by atoms with Gasteiger partial charge in [-0.1, -0.05) is 6.08 Å². The highest BCUT2D eigenvalue weighted by Crippen LogP contribution is 2.27. The van der Waals surface area contributed by atoms with Crippen molar-refractivity contribution in [1.82, 2.24) is 20.4 Å². The minimum atomic E-state index is -0.394. The molecule has 2 amide bonds. The van der Waals surface area contributed by atoms with Crippen LogP contribution >= 0.6 is 0 Å². The van der Waals surface area contributed by atoms with Crippen LogP contribution in [0.15, 0.2) is 11.6 Å². The number of likely N-dealkylation sites (tertiary alicyclic amines) is 1.